The summed E-state index contributed by atoms with van der Waals surface area (Å²) in [4.78, 5) is 20.4. The lowest BCUT2D eigenvalue weighted by atomic mass is 10.1. The van der Waals surface area contributed by atoms with Crippen LogP contribution in [0, 0.1) is 0 Å². The van der Waals surface area contributed by atoms with Gasteiger partial charge in [-0.05, 0) is 22.8 Å². The van der Waals surface area contributed by atoms with E-state index in [1.54, 1.807) is 6.20 Å². The third-order valence-electron chi connectivity index (χ3n) is 5.20. The van der Waals surface area contributed by atoms with Gasteiger partial charge in [0.15, 0.2) is 11.5 Å². The van der Waals surface area contributed by atoms with Crippen molar-refractivity contribution in [3.05, 3.63) is 77.1 Å². The quantitative estimate of drug-likeness (QED) is 0.530. The summed E-state index contributed by atoms with van der Waals surface area (Å²) in [5.74, 6) is -0.275. The molecule has 5 N–H and O–H groups in total. The van der Waals surface area contributed by atoms with Crippen LogP contribution in [0.25, 0.3) is 11.3 Å². The SMILES string of the molecule is CNC(=O)c1nc(-c2cccc(CN[C@H]3c4ccccc4C[C@H]3O)c2)cnc1N. The standard InChI is InChI=1S/C22H23N5O2/c1-24-22(29)20-21(23)26-12-17(27-20)15-7-4-5-13(9-15)11-25-19-16-8-3-2-6-14(16)10-18(19)28/h2-9,12,18-19,25,28H,10-11H2,1H3,(H2,23,26)(H,24,29)/t18-,19+/m1/s1. The van der Waals surface area contributed by atoms with Crippen molar-refractivity contribution in [2.24, 2.45) is 0 Å². The molecule has 0 unspecified atom stereocenters. The van der Waals surface area contributed by atoms with Crippen LogP contribution < -0.4 is 16.4 Å². The van der Waals surface area contributed by atoms with Gasteiger partial charge in [0.25, 0.3) is 5.91 Å². The van der Waals surface area contributed by atoms with Crippen molar-refractivity contribution >= 4 is 11.7 Å². The molecular weight excluding hydrogens is 366 g/mol. The molecule has 29 heavy (non-hydrogen) atoms. The van der Waals surface area contributed by atoms with E-state index in [-0.39, 0.29) is 23.5 Å². The van der Waals surface area contributed by atoms with Crippen LogP contribution in [-0.2, 0) is 13.0 Å². The van der Waals surface area contributed by atoms with E-state index < -0.39 is 6.10 Å². The Morgan fingerprint density at radius 1 is 1.24 bits per heavy atom. The monoisotopic (exact) mass is 389 g/mol. The predicted octanol–water partition coefficient (Wildman–Crippen LogP) is 1.83. The van der Waals surface area contributed by atoms with Crippen molar-refractivity contribution in [1.82, 2.24) is 20.6 Å². The molecule has 148 valence electrons. The molecule has 0 bridgehead atoms. The maximum atomic E-state index is 11.9. The number of aromatic nitrogens is 2. The first-order valence-electron chi connectivity index (χ1n) is 9.50. The van der Waals surface area contributed by atoms with Gasteiger partial charge in [-0.2, -0.15) is 0 Å². The zero-order chi connectivity index (χ0) is 20.4. The maximum Gasteiger partial charge on any atom is 0.273 e. The van der Waals surface area contributed by atoms with Crippen LogP contribution in [0.4, 0.5) is 5.82 Å². The minimum Gasteiger partial charge on any atom is -0.391 e. The van der Waals surface area contributed by atoms with E-state index in [1.807, 2.05) is 36.4 Å². The van der Waals surface area contributed by atoms with Crippen LogP contribution >= 0.6 is 0 Å². The van der Waals surface area contributed by atoms with Gasteiger partial charge >= 0.3 is 0 Å². The summed E-state index contributed by atoms with van der Waals surface area (Å²) < 4.78 is 0. The molecule has 1 amide bonds. The number of hydrogen-bond acceptors (Lipinski definition) is 6. The first-order chi connectivity index (χ1) is 14.1. The highest BCUT2D eigenvalue weighted by atomic mass is 16.3. The highest BCUT2D eigenvalue weighted by Crippen LogP contribution is 2.31. The Morgan fingerprint density at radius 3 is 2.90 bits per heavy atom. The number of rotatable bonds is 5. The fourth-order valence-corrected chi connectivity index (χ4v) is 3.71. The van der Waals surface area contributed by atoms with E-state index in [9.17, 15) is 9.90 Å². The summed E-state index contributed by atoms with van der Waals surface area (Å²) in [7, 11) is 1.53. The lowest BCUT2D eigenvalue weighted by molar-refractivity contribution is 0.0959. The topological polar surface area (TPSA) is 113 Å². The average Bonchev–Trinajstić information content (AvgIpc) is 3.07. The number of fused-ring (bicyclic) bond motifs is 1. The molecule has 0 spiro atoms. The summed E-state index contributed by atoms with van der Waals surface area (Å²) in [6.45, 7) is 0.592. The van der Waals surface area contributed by atoms with Gasteiger partial charge in [-0.25, -0.2) is 9.97 Å². The number of aliphatic hydroxyl groups excluding tert-OH is 1. The molecule has 7 heteroatoms. The summed E-state index contributed by atoms with van der Waals surface area (Å²) in [5.41, 5.74) is 10.7. The maximum absolute atomic E-state index is 11.9. The molecule has 2 atom stereocenters. The van der Waals surface area contributed by atoms with Crippen molar-refractivity contribution < 1.29 is 9.90 Å². The molecule has 1 aliphatic carbocycles. The largest absolute Gasteiger partial charge is 0.391 e. The Labute approximate surface area is 169 Å². The Kier molecular flexibility index (Phi) is 5.24. The fourth-order valence-electron chi connectivity index (χ4n) is 3.71. The van der Waals surface area contributed by atoms with Crippen molar-refractivity contribution in [1.29, 1.82) is 0 Å². The summed E-state index contributed by atoms with van der Waals surface area (Å²) >= 11 is 0. The predicted molar refractivity (Wildman–Crippen MR) is 111 cm³/mol. The molecule has 0 aliphatic heterocycles. The van der Waals surface area contributed by atoms with Crippen molar-refractivity contribution in [3.63, 3.8) is 0 Å². The van der Waals surface area contributed by atoms with Crippen molar-refractivity contribution in [2.75, 3.05) is 12.8 Å². The molecule has 0 saturated carbocycles. The van der Waals surface area contributed by atoms with Gasteiger partial charge in [-0.15, -0.1) is 0 Å². The number of carbonyl (C=O) groups excluding carboxylic acids is 1. The number of anilines is 1. The van der Waals surface area contributed by atoms with Crippen LogP contribution in [0.5, 0.6) is 0 Å². The third kappa shape index (κ3) is 3.83. The van der Waals surface area contributed by atoms with Crippen LogP contribution in [-0.4, -0.2) is 34.1 Å². The summed E-state index contributed by atoms with van der Waals surface area (Å²) in [6, 6.07) is 15.9. The van der Waals surface area contributed by atoms with Gasteiger partial charge in [-0.1, -0.05) is 42.5 Å². The minimum absolute atomic E-state index is 0.0916. The number of carbonyl (C=O) groups is 1. The van der Waals surface area contributed by atoms with E-state index in [0.717, 1.165) is 16.7 Å². The Bertz CT molecular complexity index is 1050. The number of nitrogens with zero attached hydrogens (tertiary/aromatic N) is 2. The van der Waals surface area contributed by atoms with E-state index >= 15 is 0 Å². The Hall–Kier alpha value is -3.29. The molecule has 0 saturated heterocycles. The second kappa shape index (κ2) is 7.98. The number of amides is 1. The van der Waals surface area contributed by atoms with Gasteiger partial charge in [0.2, 0.25) is 0 Å². The van der Waals surface area contributed by atoms with Gasteiger partial charge < -0.3 is 21.5 Å². The zero-order valence-electron chi connectivity index (χ0n) is 16.1. The molecular formula is C22H23N5O2. The normalized spacial score (nSPS) is 17.7. The van der Waals surface area contributed by atoms with Crippen LogP contribution in [0.15, 0.2) is 54.7 Å². The van der Waals surface area contributed by atoms with Gasteiger partial charge in [0.05, 0.1) is 24.0 Å². The van der Waals surface area contributed by atoms with Gasteiger partial charge in [0, 0.05) is 25.6 Å². The Balaban J connectivity index is 1.54. The molecule has 7 nitrogen and oxygen atoms in total. The highest BCUT2D eigenvalue weighted by Gasteiger charge is 2.30. The van der Waals surface area contributed by atoms with E-state index in [1.165, 1.54) is 12.6 Å². The van der Waals surface area contributed by atoms with Crippen LogP contribution in [0.2, 0.25) is 0 Å². The number of benzene rings is 2. The molecule has 0 radical (unpaired) electrons. The number of aliphatic hydroxyl groups is 1. The number of hydrogen-bond donors (Lipinski definition) is 4. The molecule has 0 fully saturated rings. The molecule has 4 rings (SSSR count). The first-order valence-corrected chi connectivity index (χ1v) is 9.50. The number of nitrogens with two attached hydrogens (primary N) is 1. The second-order valence-electron chi connectivity index (χ2n) is 7.10. The highest BCUT2D eigenvalue weighted by molar-refractivity contribution is 5.96. The van der Waals surface area contributed by atoms with E-state index in [2.05, 4.69) is 32.7 Å². The number of nitrogens with one attached hydrogen (secondary N) is 2. The molecule has 1 heterocycles. The number of nitrogen functional groups attached to an aromatic ring is 1. The molecule has 1 aliphatic rings. The van der Waals surface area contributed by atoms with Crippen molar-refractivity contribution in [2.45, 2.75) is 25.1 Å². The fraction of sp³-hybridized carbons (Fsp3) is 0.227. The lowest BCUT2D eigenvalue weighted by Gasteiger charge is -2.18. The smallest absolute Gasteiger partial charge is 0.273 e. The third-order valence-corrected chi connectivity index (χ3v) is 5.20. The van der Waals surface area contributed by atoms with Gasteiger partial charge in [0.1, 0.15) is 0 Å². The first kappa shape index (κ1) is 19.0. The summed E-state index contributed by atoms with van der Waals surface area (Å²) in [5, 5.41) is 16.4. The molecule has 3 aromatic rings. The van der Waals surface area contributed by atoms with E-state index in [4.69, 9.17) is 5.73 Å². The van der Waals surface area contributed by atoms with Crippen LogP contribution in [0.3, 0.4) is 0 Å². The second-order valence-corrected chi connectivity index (χ2v) is 7.10. The summed E-state index contributed by atoms with van der Waals surface area (Å²) in [6.07, 6.45) is 1.79. The van der Waals surface area contributed by atoms with Crippen LogP contribution in [0.1, 0.15) is 33.2 Å². The molecule has 1 aromatic heterocycles. The lowest BCUT2D eigenvalue weighted by Crippen LogP contribution is -2.28. The Morgan fingerprint density at radius 2 is 2.07 bits per heavy atom. The zero-order valence-corrected chi connectivity index (χ0v) is 16.1. The average molecular weight is 389 g/mol. The minimum atomic E-state index is -0.436. The van der Waals surface area contributed by atoms with Gasteiger partial charge in [-0.3, -0.25) is 4.79 Å². The van der Waals surface area contributed by atoms with E-state index in [0.29, 0.717) is 18.7 Å². The molecule has 2 aromatic carbocycles. The van der Waals surface area contributed by atoms with Crippen molar-refractivity contribution in [3.8, 4) is 11.3 Å².